The van der Waals surface area contributed by atoms with E-state index >= 15 is 0 Å². The minimum absolute atomic E-state index is 0.116. The van der Waals surface area contributed by atoms with Crippen LogP contribution in [-0.2, 0) is 14.3 Å². The number of hydrogen-bond donors (Lipinski definition) is 3. The number of carbonyl (C=O) groups excluding carboxylic acids is 2. The number of carbonyl (C=O) groups is 2. The second-order valence-electron chi connectivity index (χ2n) is 4.16. The van der Waals surface area contributed by atoms with Crippen LogP contribution in [0.1, 0.15) is 12.5 Å². The normalized spacial score (nSPS) is 11.8. The zero-order valence-electron chi connectivity index (χ0n) is 11.3. The quantitative estimate of drug-likeness (QED) is 0.736. The van der Waals surface area contributed by atoms with E-state index in [-0.39, 0.29) is 18.4 Å². The molecule has 0 aliphatic rings. The van der Waals surface area contributed by atoms with Crippen molar-refractivity contribution in [3.8, 4) is 0 Å². The van der Waals surface area contributed by atoms with E-state index in [2.05, 4.69) is 10.6 Å². The summed E-state index contributed by atoms with van der Waals surface area (Å²) < 4.78 is 4.95. The van der Waals surface area contributed by atoms with Gasteiger partial charge in [-0.25, -0.2) is 0 Å². The highest BCUT2D eigenvalue weighted by molar-refractivity contribution is 5.95. The Morgan fingerprint density at radius 3 is 2.53 bits per heavy atom. The van der Waals surface area contributed by atoms with Crippen LogP contribution >= 0.6 is 0 Å². The second kappa shape index (κ2) is 6.86. The molecule has 104 valence electrons. The van der Waals surface area contributed by atoms with Crippen LogP contribution in [0.5, 0.6) is 0 Å². The molecule has 6 heteroatoms. The lowest BCUT2D eigenvalue weighted by Gasteiger charge is -2.14. The third-order valence-corrected chi connectivity index (χ3v) is 2.60. The summed E-state index contributed by atoms with van der Waals surface area (Å²) in [6.45, 7) is 3.41. The number of benzene rings is 1. The maximum atomic E-state index is 11.8. The van der Waals surface area contributed by atoms with Crippen LogP contribution in [0.4, 0.5) is 11.4 Å². The van der Waals surface area contributed by atoms with Gasteiger partial charge in [-0.15, -0.1) is 0 Å². The summed E-state index contributed by atoms with van der Waals surface area (Å²) in [5, 5.41) is 5.41. The van der Waals surface area contributed by atoms with Gasteiger partial charge in [-0.05, 0) is 30.7 Å². The highest BCUT2D eigenvalue weighted by Crippen LogP contribution is 2.19. The lowest BCUT2D eigenvalue weighted by atomic mass is 10.1. The smallest absolute Gasteiger partial charge is 0.254 e. The number of amides is 2. The molecule has 2 amide bonds. The fourth-order valence-corrected chi connectivity index (χ4v) is 1.60. The van der Waals surface area contributed by atoms with Crippen molar-refractivity contribution in [1.29, 1.82) is 0 Å². The average Bonchev–Trinajstić information content (AvgIpc) is 2.33. The maximum absolute atomic E-state index is 11.8. The van der Waals surface area contributed by atoms with E-state index in [0.717, 1.165) is 5.56 Å². The van der Waals surface area contributed by atoms with Gasteiger partial charge in [-0.2, -0.15) is 0 Å². The van der Waals surface area contributed by atoms with Crippen molar-refractivity contribution in [2.24, 2.45) is 5.73 Å². The number of methoxy groups -OCH3 is 1. The molecule has 19 heavy (non-hydrogen) atoms. The Bertz CT molecular complexity index is 470. The van der Waals surface area contributed by atoms with Gasteiger partial charge in [-0.1, -0.05) is 0 Å². The van der Waals surface area contributed by atoms with E-state index in [9.17, 15) is 9.59 Å². The maximum Gasteiger partial charge on any atom is 0.254 e. The standard InChI is InChI=1S/C13H19N3O3/c1-8-6-10(4-5-11(8)15-9(2)17)16-13(18)12(7-14)19-3/h4-6,12H,7,14H2,1-3H3,(H,15,17)(H,16,18). The molecule has 0 radical (unpaired) electrons. The van der Waals surface area contributed by atoms with Gasteiger partial charge in [0, 0.05) is 32.0 Å². The Balaban J connectivity index is 2.78. The van der Waals surface area contributed by atoms with Gasteiger partial charge in [0.1, 0.15) is 6.10 Å². The average molecular weight is 265 g/mol. The third-order valence-electron chi connectivity index (χ3n) is 2.60. The molecule has 1 aromatic rings. The van der Waals surface area contributed by atoms with E-state index in [1.807, 2.05) is 6.92 Å². The predicted octanol–water partition coefficient (Wildman–Crippen LogP) is 0.866. The first-order chi connectivity index (χ1) is 8.97. The van der Waals surface area contributed by atoms with Crippen LogP contribution < -0.4 is 16.4 Å². The molecule has 0 spiro atoms. The van der Waals surface area contributed by atoms with Gasteiger partial charge in [0.15, 0.2) is 0 Å². The highest BCUT2D eigenvalue weighted by Gasteiger charge is 2.15. The molecule has 0 saturated heterocycles. The molecular weight excluding hydrogens is 246 g/mol. The predicted molar refractivity (Wildman–Crippen MR) is 74.0 cm³/mol. The first kappa shape index (κ1) is 15.1. The van der Waals surface area contributed by atoms with Crippen LogP contribution in [0.3, 0.4) is 0 Å². The van der Waals surface area contributed by atoms with Crippen molar-refractivity contribution in [1.82, 2.24) is 0 Å². The summed E-state index contributed by atoms with van der Waals surface area (Å²) >= 11 is 0. The second-order valence-corrected chi connectivity index (χ2v) is 4.16. The molecule has 1 aromatic carbocycles. The van der Waals surface area contributed by atoms with Gasteiger partial charge in [0.2, 0.25) is 5.91 Å². The molecule has 0 fully saturated rings. The van der Waals surface area contributed by atoms with Crippen LogP contribution in [0.15, 0.2) is 18.2 Å². The fraction of sp³-hybridized carbons (Fsp3) is 0.385. The van der Waals surface area contributed by atoms with Gasteiger partial charge < -0.3 is 21.1 Å². The lowest BCUT2D eigenvalue weighted by Crippen LogP contribution is -2.35. The van der Waals surface area contributed by atoms with Crippen molar-refractivity contribution in [2.75, 3.05) is 24.3 Å². The number of nitrogens with one attached hydrogen (secondary N) is 2. The third kappa shape index (κ3) is 4.35. The lowest BCUT2D eigenvalue weighted by molar-refractivity contribution is -0.125. The molecule has 4 N–H and O–H groups in total. The van der Waals surface area contributed by atoms with Gasteiger partial charge >= 0.3 is 0 Å². The summed E-state index contributed by atoms with van der Waals surface area (Å²) in [5.74, 6) is -0.431. The molecule has 6 nitrogen and oxygen atoms in total. The van der Waals surface area contributed by atoms with Gasteiger partial charge in [0.05, 0.1) is 0 Å². The SMILES string of the molecule is COC(CN)C(=O)Nc1ccc(NC(C)=O)c(C)c1. The Morgan fingerprint density at radius 2 is 2.05 bits per heavy atom. The highest BCUT2D eigenvalue weighted by atomic mass is 16.5. The molecule has 0 heterocycles. The van der Waals surface area contributed by atoms with E-state index < -0.39 is 6.10 Å². The number of ether oxygens (including phenoxy) is 1. The van der Waals surface area contributed by atoms with E-state index in [4.69, 9.17) is 10.5 Å². The minimum Gasteiger partial charge on any atom is -0.370 e. The monoisotopic (exact) mass is 265 g/mol. The van der Waals surface area contributed by atoms with Crippen LogP contribution in [0.25, 0.3) is 0 Å². The Labute approximate surface area is 112 Å². The topological polar surface area (TPSA) is 93.4 Å². The van der Waals surface area contributed by atoms with Gasteiger partial charge in [0.25, 0.3) is 5.91 Å². The summed E-state index contributed by atoms with van der Waals surface area (Å²) in [4.78, 5) is 22.7. The van der Waals surface area contributed by atoms with Crippen molar-refractivity contribution >= 4 is 23.2 Å². The molecule has 1 rings (SSSR count). The molecule has 1 unspecified atom stereocenters. The van der Waals surface area contributed by atoms with Crippen LogP contribution in [-0.4, -0.2) is 31.6 Å². The van der Waals surface area contributed by atoms with E-state index in [1.165, 1.54) is 14.0 Å². The number of aryl methyl sites for hydroxylation is 1. The number of rotatable bonds is 5. The molecule has 0 aliphatic heterocycles. The Morgan fingerprint density at radius 1 is 1.37 bits per heavy atom. The Hall–Kier alpha value is -1.92. The van der Waals surface area contributed by atoms with Crippen molar-refractivity contribution in [2.45, 2.75) is 20.0 Å². The molecule has 0 aliphatic carbocycles. The van der Waals surface area contributed by atoms with Crippen molar-refractivity contribution in [3.63, 3.8) is 0 Å². The summed E-state index contributed by atoms with van der Waals surface area (Å²) in [5.41, 5.74) is 7.62. The Kier molecular flexibility index (Phi) is 5.47. The first-order valence-corrected chi connectivity index (χ1v) is 5.90. The molecule has 0 saturated carbocycles. The number of anilines is 2. The van der Waals surface area contributed by atoms with Crippen molar-refractivity contribution in [3.05, 3.63) is 23.8 Å². The fourth-order valence-electron chi connectivity index (χ4n) is 1.60. The van der Waals surface area contributed by atoms with Crippen molar-refractivity contribution < 1.29 is 14.3 Å². The van der Waals surface area contributed by atoms with E-state index in [0.29, 0.717) is 11.4 Å². The number of hydrogen-bond acceptors (Lipinski definition) is 4. The zero-order valence-corrected chi connectivity index (χ0v) is 11.3. The van der Waals surface area contributed by atoms with Gasteiger partial charge in [-0.3, -0.25) is 9.59 Å². The van der Waals surface area contributed by atoms with E-state index in [1.54, 1.807) is 18.2 Å². The largest absolute Gasteiger partial charge is 0.370 e. The molecule has 1 atom stereocenters. The molecule has 0 bridgehead atoms. The summed E-state index contributed by atoms with van der Waals surface area (Å²) in [7, 11) is 1.43. The zero-order chi connectivity index (χ0) is 14.4. The molecule has 0 aromatic heterocycles. The minimum atomic E-state index is -0.671. The molecular formula is C13H19N3O3. The number of nitrogens with two attached hydrogens (primary N) is 1. The van der Waals surface area contributed by atoms with Crippen LogP contribution in [0.2, 0.25) is 0 Å². The summed E-state index contributed by atoms with van der Waals surface area (Å²) in [6, 6.07) is 5.21. The first-order valence-electron chi connectivity index (χ1n) is 5.90. The summed E-state index contributed by atoms with van der Waals surface area (Å²) in [6.07, 6.45) is -0.671. The van der Waals surface area contributed by atoms with Crippen LogP contribution in [0, 0.1) is 6.92 Å².